The number of para-hydroxylation sites is 1. The van der Waals surface area contributed by atoms with Gasteiger partial charge in [-0.25, -0.2) is 8.78 Å². The highest BCUT2D eigenvalue weighted by molar-refractivity contribution is 8.00. The lowest BCUT2D eigenvalue weighted by molar-refractivity contribution is -0.115. The molecule has 0 aliphatic carbocycles. The second-order valence-electron chi connectivity index (χ2n) is 4.15. The number of halogens is 2. The summed E-state index contributed by atoms with van der Waals surface area (Å²) in [5.41, 5.74) is 0.776. The Bertz CT molecular complexity index is 604. The Morgan fingerprint density at radius 3 is 2.50 bits per heavy atom. The summed E-state index contributed by atoms with van der Waals surface area (Å²) in [6.45, 7) is 0. The largest absolute Gasteiger partial charge is 0.315 e. The average Bonchev–Trinajstić information content (AvgIpc) is 2.46. The summed E-state index contributed by atoms with van der Waals surface area (Å²) in [6, 6.07) is 12.5. The van der Waals surface area contributed by atoms with E-state index in [1.807, 2.05) is 30.3 Å². The molecule has 2 rings (SSSR count). The molecule has 2 aromatic carbocycles. The Morgan fingerprint density at radius 2 is 1.85 bits per heavy atom. The second kappa shape index (κ2) is 6.52. The van der Waals surface area contributed by atoms with Gasteiger partial charge in [0.2, 0.25) is 5.91 Å². The fourth-order valence-corrected chi connectivity index (χ4v) is 2.46. The molecule has 0 unspecified atom stereocenters. The Labute approximate surface area is 120 Å². The predicted molar refractivity (Wildman–Crippen MR) is 76.9 cm³/mol. The maximum Gasteiger partial charge on any atom is 0.237 e. The van der Waals surface area contributed by atoms with Crippen LogP contribution in [0.1, 0.15) is 0 Å². The zero-order chi connectivity index (χ0) is 14.5. The first kappa shape index (κ1) is 14.5. The number of rotatable bonds is 4. The quantitative estimate of drug-likeness (QED) is 0.801. The third-order valence-corrected chi connectivity index (χ3v) is 3.80. The van der Waals surface area contributed by atoms with Crippen LogP contribution >= 0.6 is 11.8 Å². The first-order chi connectivity index (χ1) is 9.58. The molecule has 0 aliphatic heterocycles. The number of carbonyl (C=O) groups is 1. The number of amides is 1. The fourth-order valence-electron chi connectivity index (χ4n) is 1.62. The Morgan fingerprint density at radius 1 is 1.15 bits per heavy atom. The van der Waals surface area contributed by atoms with Gasteiger partial charge in [0, 0.05) is 23.7 Å². The van der Waals surface area contributed by atoms with Crippen LogP contribution < -0.4 is 4.90 Å². The fraction of sp³-hybridized carbons (Fsp3) is 0.133. The van der Waals surface area contributed by atoms with Gasteiger partial charge in [0.25, 0.3) is 0 Å². The highest BCUT2D eigenvalue weighted by Gasteiger charge is 2.12. The molecule has 20 heavy (non-hydrogen) atoms. The SMILES string of the molecule is CN(C(=O)CSc1ccc(F)cc1F)c1ccccc1. The Kier molecular flexibility index (Phi) is 4.74. The minimum atomic E-state index is -0.648. The monoisotopic (exact) mass is 293 g/mol. The van der Waals surface area contributed by atoms with Gasteiger partial charge in [-0.1, -0.05) is 18.2 Å². The van der Waals surface area contributed by atoms with Crippen LogP contribution in [0.4, 0.5) is 14.5 Å². The van der Waals surface area contributed by atoms with Crippen molar-refractivity contribution in [3.8, 4) is 0 Å². The summed E-state index contributed by atoms with van der Waals surface area (Å²) >= 11 is 1.05. The number of thioether (sulfide) groups is 1. The van der Waals surface area contributed by atoms with Gasteiger partial charge < -0.3 is 4.90 Å². The number of anilines is 1. The predicted octanol–water partition coefficient (Wildman–Crippen LogP) is 3.72. The van der Waals surface area contributed by atoms with Crippen molar-refractivity contribution in [3.05, 3.63) is 60.2 Å². The third kappa shape index (κ3) is 3.57. The molecule has 0 saturated carbocycles. The van der Waals surface area contributed by atoms with Crippen LogP contribution in [0.2, 0.25) is 0 Å². The number of hydrogen-bond acceptors (Lipinski definition) is 2. The van der Waals surface area contributed by atoms with Gasteiger partial charge >= 0.3 is 0 Å². The molecule has 0 radical (unpaired) electrons. The molecule has 0 aliphatic rings. The van der Waals surface area contributed by atoms with E-state index in [4.69, 9.17) is 0 Å². The van der Waals surface area contributed by atoms with Crippen LogP contribution in [0.15, 0.2) is 53.4 Å². The van der Waals surface area contributed by atoms with Crippen LogP contribution in [-0.4, -0.2) is 18.7 Å². The molecule has 1 amide bonds. The van der Waals surface area contributed by atoms with Crippen LogP contribution in [0.5, 0.6) is 0 Å². The van der Waals surface area contributed by atoms with Crippen LogP contribution in [0.3, 0.4) is 0 Å². The normalized spacial score (nSPS) is 10.3. The Hall–Kier alpha value is -1.88. The lowest BCUT2D eigenvalue weighted by Gasteiger charge is -2.17. The molecule has 104 valence electrons. The highest BCUT2D eigenvalue weighted by Crippen LogP contribution is 2.23. The van der Waals surface area contributed by atoms with E-state index < -0.39 is 11.6 Å². The molecule has 0 fully saturated rings. The molecule has 2 aromatic rings. The van der Waals surface area contributed by atoms with Crippen molar-refractivity contribution in [2.75, 3.05) is 17.7 Å². The molecule has 0 N–H and O–H groups in total. The number of nitrogens with zero attached hydrogens (tertiary/aromatic N) is 1. The van der Waals surface area contributed by atoms with Crippen molar-refractivity contribution >= 4 is 23.4 Å². The van der Waals surface area contributed by atoms with E-state index in [9.17, 15) is 13.6 Å². The summed E-state index contributed by atoms with van der Waals surface area (Å²) in [4.78, 5) is 13.8. The van der Waals surface area contributed by atoms with E-state index in [1.165, 1.54) is 17.0 Å². The molecular weight excluding hydrogens is 280 g/mol. The molecule has 0 bridgehead atoms. The van der Waals surface area contributed by atoms with Gasteiger partial charge in [-0.2, -0.15) is 0 Å². The van der Waals surface area contributed by atoms with Gasteiger partial charge in [0.05, 0.1) is 5.75 Å². The van der Waals surface area contributed by atoms with Crippen LogP contribution in [-0.2, 0) is 4.79 Å². The minimum absolute atomic E-state index is 0.0912. The molecule has 0 saturated heterocycles. The maximum atomic E-state index is 13.4. The van der Waals surface area contributed by atoms with Crippen molar-refractivity contribution in [1.82, 2.24) is 0 Å². The van der Waals surface area contributed by atoms with Gasteiger partial charge in [-0.3, -0.25) is 4.79 Å². The Balaban J connectivity index is 1.98. The average molecular weight is 293 g/mol. The highest BCUT2D eigenvalue weighted by atomic mass is 32.2. The molecule has 2 nitrogen and oxygen atoms in total. The van der Waals surface area contributed by atoms with E-state index in [2.05, 4.69) is 0 Å². The van der Waals surface area contributed by atoms with Gasteiger partial charge in [-0.05, 0) is 24.3 Å². The van der Waals surface area contributed by atoms with Crippen molar-refractivity contribution in [1.29, 1.82) is 0 Å². The van der Waals surface area contributed by atoms with E-state index in [0.29, 0.717) is 0 Å². The minimum Gasteiger partial charge on any atom is -0.315 e. The summed E-state index contributed by atoms with van der Waals surface area (Å²) in [5, 5.41) is 0. The summed E-state index contributed by atoms with van der Waals surface area (Å²) in [7, 11) is 1.67. The van der Waals surface area contributed by atoms with Gasteiger partial charge in [-0.15, -0.1) is 11.8 Å². The summed E-state index contributed by atoms with van der Waals surface area (Å²) < 4.78 is 26.2. The van der Waals surface area contributed by atoms with Gasteiger partial charge in [0.1, 0.15) is 11.6 Å². The number of carbonyl (C=O) groups excluding carboxylic acids is 1. The van der Waals surface area contributed by atoms with E-state index in [1.54, 1.807) is 7.05 Å². The second-order valence-corrected chi connectivity index (χ2v) is 5.17. The molecular formula is C15H13F2NOS. The molecule has 0 heterocycles. The smallest absolute Gasteiger partial charge is 0.237 e. The molecule has 0 spiro atoms. The molecule has 0 aromatic heterocycles. The maximum absolute atomic E-state index is 13.4. The topological polar surface area (TPSA) is 20.3 Å². The van der Waals surface area contributed by atoms with E-state index >= 15 is 0 Å². The van der Waals surface area contributed by atoms with Crippen LogP contribution in [0, 0.1) is 11.6 Å². The summed E-state index contributed by atoms with van der Waals surface area (Å²) in [6.07, 6.45) is 0. The van der Waals surface area contributed by atoms with E-state index in [0.717, 1.165) is 23.5 Å². The van der Waals surface area contributed by atoms with Crippen molar-refractivity contribution in [3.63, 3.8) is 0 Å². The van der Waals surface area contributed by atoms with Crippen molar-refractivity contribution in [2.45, 2.75) is 4.90 Å². The lowest BCUT2D eigenvalue weighted by Crippen LogP contribution is -2.27. The zero-order valence-corrected chi connectivity index (χ0v) is 11.7. The zero-order valence-electron chi connectivity index (χ0n) is 10.8. The first-order valence-electron chi connectivity index (χ1n) is 5.97. The molecule has 5 heteroatoms. The summed E-state index contributed by atoms with van der Waals surface area (Å²) in [5.74, 6) is -1.33. The number of hydrogen-bond donors (Lipinski definition) is 0. The van der Waals surface area contributed by atoms with E-state index in [-0.39, 0.29) is 16.6 Å². The van der Waals surface area contributed by atoms with Crippen molar-refractivity contribution < 1.29 is 13.6 Å². The first-order valence-corrected chi connectivity index (χ1v) is 6.96. The lowest BCUT2D eigenvalue weighted by atomic mass is 10.3. The third-order valence-electron chi connectivity index (χ3n) is 2.76. The number of benzene rings is 2. The van der Waals surface area contributed by atoms with Crippen LogP contribution in [0.25, 0.3) is 0 Å². The molecule has 0 atom stereocenters. The van der Waals surface area contributed by atoms with Gasteiger partial charge in [0.15, 0.2) is 0 Å². The van der Waals surface area contributed by atoms with Crippen molar-refractivity contribution in [2.24, 2.45) is 0 Å². The standard InChI is InChI=1S/C15H13F2NOS/c1-18(12-5-3-2-4-6-12)15(19)10-20-14-8-7-11(16)9-13(14)17/h2-9H,10H2,1H3.